The highest BCUT2D eigenvalue weighted by atomic mass is 35.5. The van der Waals surface area contributed by atoms with Crippen LogP contribution in [0.15, 0.2) is 146 Å². The van der Waals surface area contributed by atoms with Gasteiger partial charge in [0.15, 0.2) is 23.0 Å². The lowest BCUT2D eigenvalue weighted by Gasteiger charge is -2.17. The lowest BCUT2D eigenvalue weighted by Crippen LogP contribution is -2.18. The van der Waals surface area contributed by atoms with Gasteiger partial charge in [0.25, 0.3) is 0 Å². The lowest BCUT2D eigenvalue weighted by atomic mass is 10.1. The van der Waals surface area contributed by atoms with Gasteiger partial charge in [-0.05, 0) is 150 Å². The second-order valence-electron chi connectivity index (χ2n) is 20.6. The van der Waals surface area contributed by atoms with E-state index in [1.54, 1.807) is 42.5 Å². The van der Waals surface area contributed by atoms with E-state index >= 15 is 0 Å². The standard InChI is InChI=1S/C13H18O3.C12H14O2.C11H13F.C11H16O.C10H12Cl2O.C10H13ClO/c1-9(2)5-6-10-7-11(15-3)13(14)12(8-10)16-4;1-9(2)3-4-10-5-6-11-12(7-10)14-8-13-11;1-9(2)3-4-10-5-7-11(12)8-6-10;1-9(2)10(3)12-11-7-5-4-6-8-11;1-7(2)6-13-10-4-3-8(11)5-9(10)12;1-8(2)7-12-10-5-3-9(11)4-6-10/h5-9,14H,1-4H3;3-7,9H,8H2,1-2H3;3-9H,1-2H3;4-10H,1-3H3;3-5,7H,6H2,1-2H3;3-6,8H,7H2,1-2H3/b6-5+;2*4-3+;;;. The number of hydrogen-bond donors (Lipinski definition) is 1. The number of benzene rings is 6. The zero-order valence-electron chi connectivity index (χ0n) is 49.1. The van der Waals surface area contributed by atoms with Crippen LogP contribution in [0.1, 0.15) is 107 Å². The molecule has 0 aromatic heterocycles. The topological polar surface area (TPSA) is 84.8 Å². The number of phenolic OH excluding ortho intramolecular Hbond substituents is 1. The smallest absolute Gasteiger partial charge is 0.231 e. The van der Waals surface area contributed by atoms with E-state index in [1.807, 2.05) is 84.9 Å². The van der Waals surface area contributed by atoms with E-state index in [0.717, 1.165) is 51.3 Å². The molecule has 1 N–H and O–H groups in total. The minimum atomic E-state index is -0.184. The third-order valence-electron chi connectivity index (χ3n) is 10.7. The maximum Gasteiger partial charge on any atom is 0.231 e. The van der Waals surface area contributed by atoms with Gasteiger partial charge in [-0.3, -0.25) is 0 Å². The molecule has 0 saturated heterocycles. The van der Waals surface area contributed by atoms with Gasteiger partial charge in [-0.1, -0.05) is 191 Å². The zero-order valence-corrected chi connectivity index (χ0v) is 51.3. The van der Waals surface area contributed by atoms with Crippen molar-refractivity contribution in [1.82, 2.24) is 0 Å². The molecule has 1 aliphatic rings. The van der Waals surface area contributed by atoms with Crippen molar-refractivity contribution in [2.45, 2.75) is 96.1 Å². The molecule has 79 heavy (non-hydrogen) atoms. The molecule has 430 valence electrons. The van der Waals surface area contributed by atoms with Crippen LogP contribution in [0.4, 0.5) is 4.39 Å². The first-order valence-electron chi connectivity index (χ1n) is 26.8. The molecule has 6 aromatic rings. The number of allylic oxidation sites excluding steroid dienone is 3. The summed E-state index contributed by atoms with van der Waals surface area (Å²) >= 11 is 17.4. The molecule has 6 aromatic carbocycles. The number of halogens is 4. The maximum atomic E-state index is 12.5. The summed E-state index contributed by atoms with van der Waals surface area (Å²) in [6.07, 6.45) is 12.7. The highest BCUT2D eigenvalue weighted by Gasteiger charge is 2.13. The van der Waals surface area contributed by atoms with Crippen LogP contribution in [-0.4, -0.2) is 45.4 Å². The number of methoxy groups -OCH3 is 2. The molecule has 1 heterocycles. The van der Waals surface area contributed by atoms with Crippen molar-refractivity contribution < 1.29 is 42.7 Å². The number of para-hydroxylation sites is 1. The van der Waals surface area contributed by atoms with E-state index in [2.05, 4.69) is 114 Å². The molecule has 7 rings (SSSR count). The Hall–Kier alpha value is -6.26. The van der Waals surface area contributed by atoms with Crippen molar-refractivity contribution in [3.63, 3.8) is 0 Å². The predicted octanol–water partition coefficient (Wildman–Crippen LogP) is 20.2. The Bertz CT molecular complexity index is 2660. The van der Waals surface area contributed by atoms with Crippen LogP contribution in [0.3, 0.4) is 0 Å². The third kappa shape index (κ3) is 30.6. The Balaban J connectivity index is 0.000000325. The number of ether oxygens (including phenoxy) is 7. The van der Waals surface area contributed by atoms with Crippen LogP contribution >= 0.6 is 34.8 Å². The summed E-state index contributed by atoms with van der Waals surface area (Å²) in [5.74, 6) is 8.10. The van der Waals surface area contributed by atoms with Crippen LogP contribution < -0.4 is 33.2 Å². The fourth-order valence-corrected chi connectivity index (χ4v) is 6.59. The van der Waals surface area contributed by atoms with E-state index < -0.39 is 0 Å². The van der Waals surface area contributed by atoms with Crippen molar-refractivity contribution in [2.75, 3.05) is 34.2 Å². The van der Waals surface area contributed by atoms with Crippen LogP contribution in [0.25, 0.3) is 18.2 Å². The molecule has 0 radical (unpaired) electrons. The molecule has 0 spiro atoms. The second kappa shape index (κ2) is 38.4. The molecule has 0 fully saturated rings. The molecule has 1 aliphatic heterocycles. The third-order valence-corrected chi connectivity index (χ3v) is 11.4. The van der Waals surface area contributed by atoms with Gasteiger partial charge in [0, 0.05) is 10.0 Å². The van der Waals surface area contributed by atoms with E-state index in [9.17, 15) is 9.50 Å². The van der Waals surface area contributed by atoms with Crippen molar-refractivity contribution in [1.29, 1.82) is 0 Å². The summed E-state index contributed by atoms with van der Waals surface area (Å²) < 4.78 is 49.7. The average Bonchev–Trinajstić information content (AvgIpc) is 3.90. The minimum absolute atomic E-state index is 0.0340. The molecule has 1 unspecified atom stereocenters. The second-order valence-corrected chi connectivity index (χ2v) is 21.8. The summed E-state index contributed by atoms with van der Waals surface area (Å²) in [4.78, 5) is 0. The van der Waals surface area contributed by atoms with E-state index in [0.29, 0.717) is 76.2 Å². The van der Waals surface area contributed by atoms with E-state index in [-0.39, 0.29) is 17.7 Å². The maximum absolute atomic E-state index is 12.5. The largest absolute Gasteiger partial charge is 0.502 e. The Morgan fingerprint density at radius 2 is 1.00 bits per heavy atom. The Morgan fingerprint density at radius 3 is 1.51 bits per heavy atom. The van der Waals surface area contributed by atoms with Crippen molar-refractivity contribution >= 4 is 53.0 Å². The highest BCUT2D eigenvalue weighted by Crippen LogP contribution is 2.38. The number of phenols is 1. The molecule has 0 bridgehead atoms. The summed E-state index contributed by atoms with van der Waals surface area (Å²) in [5, 5.41) is 11.6. The first-order valence-corrected chi connectivity index (χ1v) is 28.0. The normalized spacial score (nSPS) is 11.8. The molecular weight excluding hydrogens is 1060 g/mol. The summed E-state index contributed by atoms with van der Waals surface area (Å²) in [6, 6.07) is 38.6. The average molecular weight is 1140 g/mol. The van der Waals surface area contributed by atoms with Gasteiger partial charge in [-0.2, -0.15) is 0 Å². The van der Waals surface area contributed by atoms with Crippen LogP contribution in [0.5, 0.6) is 46.0 Å². The van der Waals surface area contributed by atoms with E-state index in [1.165, 1.54) is 26.4 Å². The number of hydrogen-bond acceptors (Lipinski definition) is 8. The first-order chi connectivity index (χ1) is 37.5. The summed E-state index contributed by atoms with van der Waals surface area (Å²) in [5.41, 5.74) is 3.15. The van der Waals surface area contributed by atoms with Crippen molar-refractivity contribution in [3.8, 4) is 46.0 Å². The van der Waals surface area contributed by atoms with Gasteiger partial charge in [-0.25, -0.2) is 4.39 Å². The molecular formula is C67H86Cl3FO8. The monoisotopic (exact) mass is 1140 g/mol. The fourth-order valence-electron chi connectivity index (χ4n) is 6.00. The molecule has 0 amide bonds. The van der Waals surface area contributed by atoms with Gasteiger partial charge in [-0.15, -0.1) is 0 Å². The number of rotatable bonds is 17. The highest BCUT2D eigenvalue weighted by molar-refractivity contribution is 6.35. The summed E-state index contributed by atoms with van der Waals surface area (Å²) in [6.45, 7) is 29.3. The Kier molecular flexibility index (Phi) is 33.4. The van der Waals surface area contributed by atoms with Crippen molar-refractivity contribution in [3.05, 3.63) is 183 Å². The van der Waals surface area contributed by atoms with E-state index in [4.69, 9.17) is 68.0 Å². The summed E-state index contributed by atoms with van der Waals surface area (Å²) in [7, 11) is 3.04. The van der Waals surface area contributed by atoms with Crippen LogP contribution in [0, 0.1) is 41.3 Å². The predicted molar refractivity (Wildman–Crippen MR) is 332 cm³/mol. The van der Waals surface area contributed by atoms with Crippen LogP contribution in [-0.2, 0) is 0 Å². The van der Waals surface area contributed by atoms with Crippen molar-refractivity contribution in [2.24, 2.45) is 35.5 Å². The van der Waals surface area contributed by atoms with Gasteiger partial charge < -0.3 is 38.3 Å². The van der Waals surface area contributed by atoms with Crippen LogP contribution in [0.2, 0.25) is 15.1 Å². The quantitative estimate of drug-likeness (QED) is 0.0967. The zero-order chi connectivity index (χ0) is 58.9. The number of aromatic hydroxyl groups is 1. The van der Waals surface area contributed by atoms with Gasteiger partial charge in [0.1, 0.15) is 23.1 Å². The lowest BCUT2D eigenvalue weighted by molar-refractivity contribution is 0.170. The first kappa shape index (κ1) is 68.8. The Morgan fingerprint density at radius 1 is 0.506 bits per heavy atom. The molecule has 0 saturated carbocycles. The Labute approximate surface area is 488 Å². The molecule has 8 nitrogen and oxygen atoms in total. The minimum Gasteiger partial charge on any atom is -0.502 e. The fraction of sp³-hybridized carbons (Fsp3) is 0.373. The SMILES string of the molecule is CC(C)/C=C/c1ccc(F)cc1.CC(C)/C=C/c1ccc2c(c1)OCO2.CC(C)C(C)Oc1ccccc1.CC(C)COc1ccc(Cl)cc1.CC(C)COc1ccc(Cl)cc1Cl.COc1cc(/C=C/C(C)C)cc(OC)c1O. The van der Waals surface area contributed by atoms with Gasteiger partial charge in [0.2, 0.25) is 12.5 Å². The van der Waals surface area contributed by atoms with Gasteiger partial charge in [0.05, 0.1) is 38.6 Å². The van der Waals surface area contributed by atoms with Gasteiger partial charge >= 0.3 is 0 Å². The molecule has 1 atom stereocenters. The molecule has 12 heteroatoms. The molecule has 0 aliphatic carbocycles. The number of fused-ring (bicyclic) bond motifs is 1.